The van der Waals surface area contributed by atoms with Gasteiger partial charge in [0.1, 0.15) is 0 Å². The predicted molar refractivity (Wildman–Crippen MR) is 72.2 cm³/mol. The first-order valence-corrected chi connectivity index (χ1v) is 6.44. The molecular weight excluding hydrogens is 258 g/mol. The SMILES string of the molecule is CCN(CCn1cc(C(=O)O)nn1)Cc1ccccn1. The number of pyridine rings is 1. The number of hydrogen-bond donors (Lipinski definition) is 1. The number of nitrogens with zero attached hydrogens (tertiary/aromatic N) is 5. The molecule has 0 fully saturated rings. The van der Waals surface area contributed by atoms with E-state index in [1.807, 2.05) is 18.2 Å². The summed E-state index contributed by atoms with van der Waals surface area (Å²) >= 11 is 0. The number of aromatic nitrogens is 4. The Balaban J connectivity index is 1.88. The number of carboxylic acid groups (broad SMARTS) is 1. The van der Waals surface area contributed by atoms with Crippen LogP contribution < -0.4 is 0 Å². The van der Waals surface area contributed by atoms with E-state index < -0.39 is 5.97 Å². The molecule has 0 atom stereocenters. The van der Waals surface area contributed by atoms with Crippen LogP contribution in [0.4, 0.5) is 0 Å². The van der Waals surface area contributed by atoms with E-state index in [1.165, 1.54) is 6.20 Å². The van der Waals surface area contributed by atoms with Gasteiger partial charge in [-0.1, -0.05) is 18.2 Å². The minimum atomic E-state index is -1.06. The largest absolute Gasteiger partial charge is 0.476 e. The van der Waals surface area contributed by atoms with Gasteiger partial charge >= 0.3 is 5.97 Å². The Morgan fingerprint density at radius 2 is 2.30 bits per heavy atom. The van der Waals surface area contributed by atoms with Crippen LogP contribution in [0.3, 0.4) is 0 Å². The lowest BCUT2D eigenvalue weighted by Crippen LogP contribution is -2.27. The van der Waals surface area contributed by atoms with E-state index in [1.54, 1.807) is 10.9 Å². The van der Waals surface area contributed by atoms with Gasteiger partial charge in [0.2, 0.25) is 0 Å². The predicted octanol–water partition coefficient (Wildman–Crippen LogP) is 0.893. The minimum Gasteiger partial charge on any atom is -0.476 e. The molecule has 2 aromatic heterocycles. The Labute approximate surface area is 116 Å². The zero-order valence-electron chi connectivity index (χ0n) is 11.3. The topological polar surface area (TPSA) is 84.1 Å². The Morgan fingerprint density at radius 1 is 1.45 bits per heavy atom. The Kier molecular flexibility index (Phi) is 4.78. The molecule has 0 aliphatic heterocycles. The molecule has 0 saturated heterocycles. The van der Waals surface area contributed by atoms with Crippen molar-refractivity contribution in [2.75, 3.05) is 13.1 Å². The zero-order chi connectivity index (χ0) is 14.4. The van der Waals surface area contributed by atoms with Crippen LogP contribution in [-0.4, -0.2) is 49.0 Å². The molecule has 2 aromatic rings. The summed E-state index contributed by atoms with van der Waals surface area (Å²) < 4.78 is 1.55. The standard InChI is InChI=1S/C13H17N5O2/c1-2-17(9-11-5-3-4-6-14-11)7-8-18-10-12(13(19)20)15-16-18/h3-6,10H,2,7-9H2,1H3,(H,19,20). The second-order valence-electron chi connectivity index (χ2n) is 4.36. The van der Waals surface area contributed by atoms with Gasteiger partial charge in [-0.05, 0) is 18.7 Å². The second-order valence-corrected chi connectivity index (χ2v) is 4.36. The molecule has 20 heavy (non-hydrogen) atoms. The molecule has 0 bridgehead atoms. The molecule has 106 valence electrons. The maximum atomic E-state index is 10.7. The molecule has 0 aliphatic carbocycles. The maximum Gasteiger partial charge on any atom is 0.358 e. The third-order valence-corrected chi connectivity index (χ3v) is 2.96. The lowest BCUT2D eigenvalue weighted by molar-refractivity contribution is 0.0690. The van der Waals surface area contributed by atoms with Crippen LogP contribution in [-0.2, 0) is 13.1 Å². The second kappa shape index (κ2) is 6.76. The highest BCUT2D eigenvalue weighted by Gasteiger charge is 2.09. The molecule has 0 spiro atoms. The van der Waals surface area contributed by atoms with E-state index in [0.29, 0.717) is 6.54 Å². The summed E-state index contributed by atoms with van der Waals surface area (Å²) in [5.74, 6) is -1.06. The van der Waals surface area contributed by atoms with Gasteiger partial charge in [-0.2, -0.15) is 0 Å². The summed E-state index contributed by atoms with van der Waals surface area (Å²) in [7, 11) is 0. The van der Waals surface area contributed by atoms with Crippen LogP contribution in [0.25, 0.3) is 0 Å². The lowest BCUT2D eigenvalue weighted by atomic mass is 10.3. The summed E-state index contributed by atoms with van der Waals surface area (Å²) in [4.78, 5) is 17.2. The van der Waals surface area contributed by atoms with Gasteiger partial charge in [0.15, 0.2) is 5.69 Å². The normalized spacial score (nSPS) is 10.9. The molecule has 7 heteroatoms. The third kappa shape index (κ3) is 3.86. The molecule has 2 rings (SSSR count). The van der Waals surface area contributed by atoms with Crippen molar-refractivity contribution in [3.8, 4) is 0 Å². The first-order chi connectivity index (χ1) is 9.69. The van der Waals surface area contributed by atoms with Gasteiger partial charge in [-0.3, -0.25) is 14.6 Å². The smallest absolute Gasteiger partial charge is 0.358 e. The summed E-state index contributed by atoms with van der Waals surface area (Å²) in [5, 5.41) is 16.2. The van der Waals surface area contributed by atoms with Crippen molar-refractivity contribution in [2.24, 2.45) is 0 Å². The lowest BCUT2D eigenvalue weighted by Gasteiger charge is -2.19. The summed E-state index contributed by atoms with van der Waals surface area (Å²) in [6.45, 7) is 5.08. The van der Waals surface area contributed by atoms with Crippen LogP contribution in [0.2, 0.25) is 0 Å². The fraction of sp³-hybridized carbons (Fsp3) is 0.385. The van der Waals surface area contributed by atoms with Crippen LogP contribution in [0.15, 0.2) is 30.6 Å². The van der Waals surface area contributed by atoms with E-state index in [9.17, 15) is 4.79 Å². The monoisotopic (exact) mass is 275 g/mol. The van der Waals surface area contributed by atoms with E-state index in [2.05, 4.69) is 27.1 Å². The highest BCUT2D eigenvalue weighted by molar-refractivity contribution is 5.84. The van der Waals surface area contributed by atoms with Crippen molar-refractivity contribution in [3.63, 3.8) is 0 Å². The Hall–Kier alpha value is -2.28. The molecule has 2 heterocycles. The molecule has 0 saturated carbocycles. The first-order valence-electron chi connectivity index (χ1n) is 6.44. The van der Waals surface area contributed by atoms with Crippen molar-refractivity contribution in [1.29, 1.82) is 0 Å². The van der Waals surface area contributed by atoms with Gasteiger partial charge in [0.25, 0.3) is 0 Å². The molecule has 0 aromatic carbocycles. The first kappa shape index (κ1) is 14.1. The van der Waals surface area contributed by atoms with Crippen molar-refractivity contribution >= 4 is 5.97 Å². The van der Waals surface area contributed by atoms with E-state index in [-0.39, 0.29) is 5.69 Å². The number of rotatable bonds is 7. The fourth-order valence-corrected chi connectivity index (χ4v) is 1.82. The van der Waals surface area contributed by atoms with Crippen molar-refractivity contribution < 1.29 is 9.90 Å². The Morgan fingerprint density at radius 3 is 2.90 bits per heavy atom. The quantitative estimate of drug-likeness (QED) is 0.808. The molecule has 7 nitrogen and oxygen atoms in total. The van der Waals surface area contributed by atoms with Gasteiger partial charge in [-0.15, -0.1) is 5.10 Å². The maximum absolute atomic E-state index is 10.7. The molecule has 0 unspecified atom stereocenters. The summed E-state index contributed by atoms with van der Waals surface area (Å²) in [5.41, 5.74) is 0.983. The van der Waals surface area contributed by atoms with Crippen LogP contribution >= 0.6 is 0 Å². The van der Waals surface area contributed by atoms with Crippen molar-refractivity contribution in [2.45, 2.75) is 20.0 Å². The Bertz CT molecular complexity index is 555. The minimum absolute atomic E-state index is 0.0298. The van der Waals surface area contributed by atoms with Gasteiger partial charge in [0, 0.05) is 19.3 Å². The number of carbonyl (C=O) groups is 1. The van der Waals surface area contributed by atoms with E-state index >= 15 is 0 Å². The highest BCUT2D eigenvalue weighted by Crippen LogP contribution is 2.01. The van der Waals surface area contributed by atoms with Crippen LogP contribution in [0.1, 0.15) is 23.1 Å². The molecule has 0 amide bonds. The number of aromatic carboxylic acids is 1. The number of carboxylic acids is 1. The fourth-order valence-electron chi connectivity index (χ4n) is 1.82. The van der Waals surface area contributed by atoms with E-state index in [4.69, 9.17) is 5.11 Å². The third-order valence-electron chi connectivity index (χ3n) is 2.96. The van der Waals surface area contributed by atoms with E-state index in [0.717, 1.165) is 25.3 Å². The van der Waals surface area contributed by atoms with Gasteiger partial charge in [-0.25, -0.2) is 4.79 Å². The van der Waals surface area contributed by atoms with Gasteiger partial charge < -0.3 is 5.11 Å². The van der Waals surface area contributed by atoms with Crippen molar-refractivity contribution in [3.05, 3.63) is 42.0 Å². The molecule has 1 N–H and O–H groups in total. The highest BCUT2D eigenvalue weighted by atomic mass is 16.4. The van der Waals surface area contributed by atoms with Crippen LogP contribution in [0.5, 0.6) is 0 Å². The number of hydrogen-bond acceptors (Lipinski definition) is 5. The average Bonchev–Trinajstić information content (AvgIpc) is 2.93. The summed E-state index contributed by atoms with van der Waals surface area (Å²) in [6.07, 6.45) is 3.22. The molecular formula is C13H17N5O2. The summed E-state index contributed by atoms with van der Waals surface area (Å²) in [6, 6.07) is 5.84. The van der Waals surface area contributed by atoms with Crippen molar-refractivity contribution in [1.82, 2.24) is 24.9 Å². The molecule has 0 radical (unpaired) electrons. The molecule has 0 aliphatic rings. The average molecular weight is 275 g/mol. The zero-order valence-corrected chi connectivity index (χ0v) is 11.3. The van der Waals surface area contributed by atoms with Gasteiger partial charge in [0.05, 0.1) is 18.4 Å². The van der Waals surface area contributed by atoms with Crippen LogP contribution in [0, 0.1) is 0 Å². The number of likely N-dealkylation sites (N-methyl/N-ethyl adjacent to an activating group) is 1.